The number of carboxylic acid groups (broad SMARTS) is 1. The first kappa shape index (κ1) is 21.9. The maximum atomic E-state index is 13.0. The Labute approximate surface area is 186 Å². The van der Waals surface area contributed by atoms with Crippen molar-refractivity contribution in [3.05, 3.63) is 41.4 Å². The third-order valence-corrected chi connectivity index (χ3v) is 8.60. The van der Waals surface area contributed by atoms with E-state index in [-0.39, 0.29) is 16.6 Å². The second kappa shape index (κ2) is 8.31. The van der Waals surface area contributed by atoms with Crippen LogP contribution in [0.3, 0.4) is 0 Å². The number of carbonyl (C=O) groups is 2. The van der Waals surface area contributed by atoms with Crippen LogP contribution >= 0.6 is 11.6 Å². The number of fused-ring (bicyclic) bond motifs is 1. The number of carbonyl (C=O) groups excluding carboxylic acids is 1. The summed E-state index contributed by atoms with van der Waals surface area (Å²) in [5.41, 5.74) is -0.482. The third-order valence-electron chi connectivity index (χ3n) is 6.57. The normalized spacial score (nSPS) is 18.8. The zero-order valence-electron chi connectivity index (χ0n) is 17.1. The summed E-state index contributed by atoms with van der Waals surface area (Å²) in [7, 11) is -3.46. The Morgan fingerprint density at radius 1 is 1.03 bits per heavy atom. The van der Waals surface area contributed by atoms with E-state index in [0.29, 0.717) is 56.9 Å². The van der Waals surface area contributed by atoms with Crippen LogP contribution in [0.5, 0.6) is 0 Å². The predicted octanol–water partition coefficient (Wildman–Crippen LogP) is 3.65. The van der Waals surface area contributed by atoms with Gasteiger partial charge in [0.1, 0.15) is 0 Å². The van der Waals surface area contributed by atoms with Gasteiger partial charge in [-0.3, -0.25) is 4.79 Å². The highest BCUT2D eigenvalue weighted by Crippen LogP contribution is 2.41. The van der Waals surface area contributed by atoms with Crippen LogP contribution in [-0.2, 0) is 14.6 Å². The molecule has 2 aromatic carbocycles. The molecule has 166 valence electrons. The molecule has 0 aromatic heterocycles. The van der Waals surface area contributed by atoms with Gasteiger partial charge in [0.2, 0.25) is 5.91 Å². The number of likely N-dealkylation sites (tertiary alicyclic amines) is 2. The molecule has 1 N–H and O–H groups in total. The maximum absolute atomic E-state index is 13.0. The second-order valence-electron chi connectivity index (χ2n) is 8.42. The number of hydrogen-bond donors (Lipinski definition) is 1. The van der Waals surface area contributed by atoms with Crippen molar-refractivity contribution in [3.8, 4) is 0 Å². The van der Waals surface area contributed by atoms with Gasteiger partial charge in [0, 0.05) is 31.2 Å². The summed E-state index contributed by atoms with van der Waals surface area (Å²) in [6.45, 7) is 1.74. The number of benzene rings is 2. The minimum absolute atomic E-state index is 0.0321. The number of rotatable bonds is 5. The first-order chi connectivity index (χ1) is 14.7. The van der Waals surface area contributed by atoms with Crippen LogP contribution in [0.1, 0.15) is 25.7 Å². The molecule has 0 saturated carbocycles. The van der Waals surface area contributed by atoms with Crippen molar-refractivity contribution >= 4 is 44.2 Å². The fourth-order valence-corrected chi connectivity index (χ4v) is 6.15. The molecule has 2 aliphatic rings. The zero-order chi connectivity index (χ0) is 22.2. The highest BCUT2D eigenvalue weighted by molar-refractivity contribution is 7.91. The lowest BCUT2D eigenvalue weighted by Gasteiger charge is -2.36. The molecule has 31 heavy (non-hydrogen) atoms. The van der Waals surface area contributed by atoms with E-state index >= 15 is 0 Å². The van der Waals surface area contributed by atoms with E-state index in [1.807, 2.05) is 0 Å². The molecule has 0 unspecified atom stereocenters. The van der Waals surface area contributed by atoms with Crippen molar-refractivity contribution < 1.29 is 23.1 Å². The first-order valence-corrected chi connectivity index (χ1v) is 12.4. The van der Waals surface area contributed by atoms with Crippen LogP contribution in [0.2, 0.25) is 5.02 Å². The quantitative estimate of drug-likeness (QED) is 0.728. The summed E-state index contributed by atoms with van der Waals surface area (Å²) < 4.78 is 25.6. The fourth-order valence-electron chi connectivity index (χ4n) is 4.65. The van der Waals surface area contributed by atoms with Crippen molar-refractivity contribution in [1.29, 1.82) is 0 Å². The first-order valence-electron chi connectivity index (χ1n) is 10.4. The van der Waals surface area contributed by atoms with Crippen LogP contribution in [0, 0.1) is 5.41 Å². The molecule has 0 bridgehead atoms. The molecule has 2 heterocycles. The molecule has 1 spiro atoms. The van der Waals surface area contributed by atoms with Crippen LogP contribution in [0.25, 0.3) is 10.8 Å². The monoisotopic (exact) mass is 464 g/mol. The Morgan fingerprint density at radius 2 is 1.68 bits per heavy atom. The maximum Gasteiger partial charge on any atom is 0.407 e. The van der Waals surface area contributed by atoms with E-state index in [1.165, 1.54) is 4.90 Å². The number of piperidine rings is 1. The van der Waals surface area contributed by atoms with Crippen molar-refractivity contribution in [2.75, 3.05) is 31.9 Å². The molecule has 0 radical (unpaired) electrons. The van der Waals surface area contributed by atoms with Gasteiger partial charge in [-0.25, -0.2) is 13.2 Å². The Hall–Kier alpha value is -2.32. The molecule has 9 heteroatoms. The Bertz CT molecular complexity index is 1130. The number of nitrogens with zero attached hydrogens (tertiary/aromatic N) is 2. The number of hydrogen-bond acceptors (Lipinski definition) is 4. The van der Waals surface area contributed by atoms with E-state index in [9.17, 15) is 18.0 Å². The minimum Gasteiger partial charge on any atom is -0.465 e. The largest absolute Gasteiger partial charge is 0.465 e. The minimum atomic E-state index is -3.46. The van der Waals surface area contributed by atoms with E-state index < -0.39 is 21.3 Å². The third kappa shape index (κ3) is 4.36. The number of halogens is 1. The van der Waals surface area contributed by atoms with Crippen molar-refractivity contribution in [2.24, 2.45) is 5.41 Å². The summed E-state index contributed by atoms with van der Waals surface area (Å²) in [6, 6.07) is 10.3. The van der Waals surface area contributed by atoms with Crippen LogP contribution in [-0.4, -0.2) is 67.3 Å². The Morgan fingerprint density at radius 3 is 2.39 bits per heavy atom. The van der Waals surface area contributed by atoms with Gasteiger partial charge < -0.3 is 14.9 Å². The molecule has 2 aliphatic heterocycles. The fraction of sp³-hybridized carbons (Fsp3) is 0.455. The van der Waals surface area contributed by atoms with E-state index in [4.69, 9.17) is 16.7 Å². The summed E-state index contributed by atoms with van der Waals surface area (Å²) in [5, 5.41) is 11.4. The van der Waals surface area contributed by atoms with Crippen LogP contribution in [0.4, 0.5) is 4.79 Å². The van der Waals surface area contributed by atoms with Gasteiger partial charge in [0.25, 0.3) is 0 Å². The lowest BCUT2D eigenvalue weighted by Crippen LogP contribution is -2.46. The average molecular weight is 465 g/mol. The standard InChI is InChI=1S/C22H25ClN2O5S/c23-18-4-2-17-15-19(5-3-16(17)14-18)31(29,30)13-1-9-24-10-6-22(20(24)26)7-11-25(12-8-22)21(27)28/h2-5,14-15H,1,6-13H2,(H,27,28). The molecule has 2 fully saturated rings. The Balaban J connectivity index is 1.35. The summed E-state index contributed by atoms with van der Waals surface area (Å²) >= 11 is 5.99. The molecule has 0 atom stereocenters. The molecule has 2 amide bonds. The van der Waals surface area contributed by atoms with Crippen molar-refractivity contribution in [3.63, 3.8) is 0 Å². The SMILES string of the molecule is O=C(O)N1CCC2(CC1)CCN(CCCS(=O)(=O)c1ccc3cc(Cl)ccc3c1)C2=O. The van der Waals surface area contributed by atoms with Crippen molar-refractivity contribution in [1.82, 2.24) is 9.80 Å². The molecule has 4 rings (SSSR count). The van der Waals surface area contributed by atoms with Crippen LogP contribution < -0.4 is 0 Å². The van der Waals surface area contributed by atoms with Gasteiger partial charge in [-0.15, -0.1) is 0 Å². The topological polar surface area (TPSA) is 95.0 Å². The molecule has 7 nitrogen and oxygen atoms in total. The van der Waals surface area contributed by atoms with Gasteiger partial charge in [-0.1, -0.05) is 23.7 Å². The summed E-state index contributed by atoms with van der Waals surface area (Å²) in [5.74, 6) is 0.00730. The second-order valence-corrected chi connectivity index (χ2v) is 11.0. The van der Waals surface area contributed by atoms with Gasteiger partial charge in [0.05, 0.1) is 16.1 Å². The zero-order valence-corrected chi connectivity index (χ0v) is 18.7. The van der Waals surface area contributed by atoms with Crippen LogP contribution in [0.15, 0.2) is 41.3 Å². The van der Waals surface area contributed by atoms with E-state index in [2.05, 4.69) is 0 Å². The number of sulfone groups is 1. The summed E-state index contributed by atoms with van der Waals surface area (Å²) in [6.07, 6.45) is 1.20. The average Bonchev–Trinajstić information content (AvgIpc) is 3.03. The van der Waals surface area contributed by atoms with Gasteiger partial charge in [-0.2, -0.15) is 0 Å². The van der Waals surface area contributed by atoms with Gasteiger partial charge in [-0.05, 0) is 60.7 Å². The molecular weight excluding hydrogens is 440 g/mol. The predicted molar refractivity (Wildman–Crippen MR) is 118 cm³/mol. The van der Waals surface area contributed by atoms with Gasteiger partial charge in [0.15, 0.2) is 9.84 Å². The molecule has 0 aliphatic carbocycles. The molecular formula is C22H25ClN2O5S. The van der Waals surface area contributed by atoms with Crippen molar-refractivity contribution in [2.45, 2.75) is 30.6 Å². The summed E-state index contributed by atoms with van der Waals surface area (Å²) in [4.78, 5) is 27.4. The lowest BCUT2D eigenvalue weighted by atomic mass is 9.77. The van der Waals surface area contributed by atoms with E-state index in [0.717, 1.165) is 10.8 Å². The Kier molecular flexibility index (Phi) is 5.87. The lowest BCUT2D eigenvalue weighted by molar-refractivity contribution is -0.138. The van der Waals surface area contributed by atoms with Gasteiger partial charge >= 0.3 is 6.09 Å². The highest BCUT2D eigenvalue weighted by Gasteiger charge is 2.48. The highest BCUT2D eigenvalue weighted by atomic mass is 35.5. The smallest absolute Gasteiger partial charge is 0.407 e. The van der Waals surface area contributed by atoms with E-state index in [1.54, 1.807) is 41.3 Å². The molecule has 2 aromatic rings. The molecule has 2 saturated heterocycles. The number of amides is 2.